The third-order valence-electron chi connectivity index (χ3n) is 3.43. The lowest BCUT2D eigenvalue weighted by Gasteiger charge is -2.19. The SMILES string of the molecule is Cc1cc(C)c(CC(=O)N[C@@H](C(=O)O)C(C)C)c(C)c1. The zero-order chi connectivity index (χ0) is 15.4. The van der Waals surface area contributed by atoms with E-state index >= 15 is 0 Å². The number of carbonyl (C=O) groups is 2. The first-order valence-corrected chi connectivity index (χ1v) is 6.81. The van der Waals surface area contributed by atoms with Gasteiger partial charge in [-0.3, -0.25) is 4.79 Å². The van der Waals surface area contributed by atoms with Crippen LogP contribution >= 0.6 is 0 Å². The summed E-state index contributed by atoms with van der Waals surface area (Å²) in [6.45, 7) is 9.52. The fourth-order valence-corrected chi connectivity index (χ4v) is 2.39. The molecular formula is C16H23NO3. The van der Waals surface area contributed by atoms with Gasteiger partial charge in [0, 0.05) is 0 Å². The van der Waals surface area contributed by atoms with Crippen molar-refractivity contribution in [3.8, 4) is 0 Å². The number of aliphatic carboxylic acids is 1. The first-order chi connectivity index (χ1) is 9.22. The van der Waals surface area contributed by atoms with E-state index in [1.807, 2.05) is 32.9 Å². The van der Waals surface area contributed by atoms with Crippen molar-refractivity contribution >= 4 is 11.9 Å². The second-order valence-electron chi connectivity index (χ2n) is 5.68. The normalized spacial score (nSPS) is 12.3. The van der Waals surface area contributed by atoms with Gasteiger partial charge in [0.05, 0.1) is 6.42 Å². The Morgan fingerprint density at radius 1 is 1.15 bits per heavy atom. The van der Waals surface area contributed by atoms with E-state index in [0.717, 1.165) is 22.3 Å². The predicted octanol–water partition coefficient (Wildman–Crippen LogP) is 2.38. The Bertz CT molecular complexity index is 497. The van der Waals surface area contributed by atoms with E-state index in [2.05, 4.69) is 5.32 Å². The lowest BCUT2D eigenvalue weighted by Crippen LogP contribution is -2.45. The number of hydrogen-bond donors (Lipinski definition) is 2. The lowest BCUT2D eigenvalue weighted by molar-refractivity contribution is -0.143. The number of carboxylic acid groups (broad SMARTS) is 1. The molecule has 0 saturated heterocycles. The van der Waals surface area contributed by atoms with Gasteiger partial charge in [0.2, 0.25) is 5.91 Å². The van der Waals surface area contributed by atoms with Crippen molar-refractivity contribution in [2.45, 2.75) is 47.1 Å². The molecule has 110 valence electrons. The molecule has 0 aromatic heterocycles. The average Bonchev–Trinajstić information content (AvgIpc) is 2.29. The standard InChI is InChI=1S/C16H23NO3/c1-9(2)15(16(19)20)17-14(18)8-13-11(4)6-10(3)7-12(13)5/h6-7,9,15H,8H2,1-5H3,(H,17,18)(H,19,20)/t15-/m1/s1. The lowest BCUT2D eigenvalue weighted by atomic mass is 9.96. The summed E-state index contributed by atoms with van der Waals surface area (Å²) in [5.41, 5.74) is 4.26. The number of rotatable bonds is 5. The number of hydrogen-bond acceptors (Lipinski definition) is 2. The van der Waals surface area contributed by atoms with Gasteiger partial charge in [0.15, 0.2) is 0 Å². The molecule has 0 unspecified atom stereocenters. The van der Waals surface area contributed by atoms with Crippen LogP contribution in [-0.2, 0) is 16.0 Å². The third-order valence-corrected chi connectivity index (χ3v) is 3.43. The molecule has 0 saturated carbocycles. The Kier molecular flexibility index (Phi) is 5.31. The molecule has 1 atom stereocenters. The zero-order valence-electron chi connectivity index (χ0n) is 12.8. The van der Waals surface area contributed by atoms with Crippen LogP contribution in [0.3, 0.4) is 0 Å². The van der Waals surface area contributed by atoms with Gasteiger partial charge in [-0.05, 0) is 43.4 Å². The topological polar surface area (TPSA) is 66.4 Å². The van der Waals surface area contributed by atoms with Crippen LogP contribution in [0, 0.1) is 26.7 Å². The molecule has 0 bridgehead atoms. The van der Waals surface area contributed by atoms with Gasteiger partial charge < -0.3 is 10.4 Å². The highest BCUT2D eigenvalue weighted by atomic mass is 16.4. The maximum absolute atomic E-state index is 12.0. The second-order valence-corrected chi connectivity index (χ2v) is 5.68. The molecule has 1 amide bonds. The number of carboxylic acids is 1. The Balaban J connectivity index is 2.84. The Morgan fingerprint density at radius 3 is 2.05 bits per heavy atom. The predicted molar refractivity (Wildman–Crippen MR) is 78.8 cm³/mol. The highest BCUT2D eigenvalue weighted by molar-refractivity contribution is 5.85. The van der Waals surface area contributed by atoms with Gasteiger partial charge in [-0.25, -0.2) is 4.79 Å². The van der Waals surface area contributed by atoms with Crippen LogP contribution in [-0.4, -0.2) is 23.0 Å². The molecule has 0 aliphatic carbocycles. The van der Waals surface area contributed by atoms with Crippen molar-refractivity contribution in [1.82, 2.24) is 5.32 Å². The van der Waals surface area contributed by atoms with Gasteiger partial charge in [-0.2, -0.15) is 0 Å². The van der Waals surface area contributed by atoms with Crippen molar-refractivity contribution < 1.29 is 14.7 Å². The minimum atomic E-state index is -0.995. The molecule has 1 aromatic carbocycles. The fraction of sp³-hybridized carbons (Fsp3) is 0.500. The van der Waals surface area contributed by atoms with Gasteiger partial charge in [-0.15, -0.1) is 0 Å². The Labute approximate surface area is 120 Å². The monoisotopic (exact) mass is 277 g/mol. The molecule has 0 heterocycles. The summed E-state index contributed by atoms with van der Waals surface area (Å²) < 4.78 is 0. The Hall–Kier alpha value is -1.84. The van der Waals surface area contributed by atoms with Crippen LogP contribution < -0.4 is 5.32 Å². The van der Waals surface area contributed by atoms with Gasteiger partial charge >= 0.3 is 5.97 Å². The summed E-state index contributed by atoms with van der Waals surface area (Å²) in [6.07, 6.45) is 0.217. The summed E-state index contributed by atoms with van der Waals surface area (Å²) in [7, 11) is 0. The van der Waals surface area contributed by atoms with Crippen LogP contribution in [0.4, 0.5) is 0 Å². The summed E-state index contributed by atoms with van der Waals surface area (Å²) in [6, 6.07) is 3.23. The molecule has 0 spiro atoms. The van der Waals surface area contributed by atoms with E-state index in [1.54, 1.807) is 13.8 Å². The molecule has 4 heteroatoms. The molecule has 0 radical (unpaired) electrons. The molecule has 1 rings (SSSR count). The van der Waals surface area contributed by atoms with Crippen molar-refractivity contribution in [1.29, 1.82) is 0 Å². The van der Waals surface area contributed by atoms with E-state index in [4.69, 9.17) is 5.11 Å². The summed E-state index contributed by atoms with van der Waals surface area (Å²) in [5, 5.41) is 11.7. The maximum atomic E-state index is 12.0. The zero-order valence-corrected chi connectivity index (χ0v) is 12.8. The van der Waals surface area contributed by atoms with Crippen molar-refractivity contribution in [2.75, 3.05) is 0 Å². The molecule has 20 heavy (non-hydrogen) atoms. The first kappa shape index (κ1) is 16.2. The van der Waals surface area contributed by atoms with E-state index < -0.39 is 12.0 Å². The van der Waals surface area contributed by atoms with E-state index in [1.165, 1.54) is 0 Å². The Morgan fingerprint density at radius 2 is 1.65 bits per heavy atom. The summed E-state index contributed by atoms with van der Waals surface area (Å²) in [5.74, 6) is -1.39. The van der Waals surface area contributed by atoms with Crippen LogP contribution in [0.15, 0.2) is 12.1 Å². The minimum Gasteiger partial charge on any atom is -0.480 e. The van der Waals surface area contributed by atoms with Gasteiger partial charge in [0.25, 0.3) is 0 Å². The molecule has 1 aromatic rings. The number of amides is 1. The van der Waals surface area contributed by atoms with Crippen molar-refractivity contribution in [3.63, 3.8) is 0 Å². The molecule has 0 aliphatic heterocycles. The number of carbonyl (C=O) groups excluding carboxylic acids is 1. The second kappa shape index (κ2) is 6.55. The van der Waals surface area contributed by atoms with Crippen molar-refractivity contribution in [2.24, 2.45) is 5.92 Å². The molecular weight excluding hydrogens is 254 g/mol. The number of aryl methyl sites for hydroxylation is 3. The van der Waals surface area contributed by atoms with E-state index in [-0.39, 0.29) is 18.2 Å². The van der Waals surface area contributed by atoms with E-state index in [0.29, 0.717) is 0 Å². The largest absolute Gasteiger partial charge is 0.480 e. The van der Waals surface area contributed by atoms with Crippen LogP contribution in [0.2, 0.25) is 0 Å². The number of nitrogens with one attached hydrogen (secondary N) is 1. The first-order valence-electron chi connectivity index (χ1n) is 6.81. The van der Waals surface area contributed by atoms with E-state index in [9.17, 15) is 9.59 Å². The fourth-order valence-electron chi connectivity index (χ4n) is 2.39. The third kappa shape index (κ3) is 4.08. The highest BCUT2D eigenvalue weighted by Gasteiger charge is 2.23. The van der Waals surface area contributed by atoms with Crippen molar-refractivity contribution in [3.05, 3.63) is 34.4 Å². The van der Waals surface area contributed by atoms with Crippen LogP contribution in [0.25, 0.3) is 0 Å². The van der Waals surface area contributed by atoms with Gasteiger partial charge in [0.1, 0.15) is 6.04 Å². The molecule has 2 N–H and O–H groups in total. The van der Waals surface area contributed by atoms with Crippen LogP contribution in [0.1, 0.15) is 36.1 Å². The minimum absolute atomic E-state index is 0.142. The molecule has 4 nitrogen and oxygen atoms in total. The molecule has 0 fully saturated rings. The number of benzene rings is 1. The summed E-state index contributed by atoms with van der Waals surface area (Å²) >= 11 is 0. The quantitative estimate of drug-likeness (QED) is 0.868. The van der Waals surface area contributed by atoms with Gasteiger partial charge in [-0.1, -0.05) is 31.5 Å². The molecule has 0 aliphatic rings. The van der Waals surface area contributed by atoms with Crippen LogP contribution in [0.5, 0.6) is 0 Å². The highest BCUT2D eigenvalue weighted by Crippen LogP contribution is 2.17. The summed E-state index contributed by atoms with van der Waals surface area (Å²) in [4.78, 5) is 23.1. The smallest absolute Gasteiger partial charge is 0.326 e. The maximum Gasteiger partial charge on any atom is 0.326 e. The average molecular weight is 277 g/mol.